The molecule has 7 rings (SSSR count). The Morgan fingerprint density at radius 3 is 2.37 bits per heavy atom. The van der Waals surface area contributed by atoms with Crippen molar-refractivity contribution in [3.05, 3.63) is 46.9 Å². The predicted octanol–water partition coefficient (Wildman–Crippen LogP) is 7.34. The van der Waals surface area contributed by atoms with Crippen molar-refractivity contribution < 1.29 is 23.1 Å². The molecule has 0 bridgehead atoms. The molecule has 3 aliphatic heterocycles. The maximum absolute atomic E-state index is 14.6. The van der Waals surface area contributed by atoms with Gasteiger partial charge < -0.3 is 19.4 Å². The van der Waals surface area contributed by atoms with Crippen LogP contribution in [0.1, 0.15) is 107 Å². The summed E-state index contributed by atoms with van der Waals surface area (Å²) in [6.07, 6.45) is 9.04. The summed E-state index contributed by atoms with van der Waals surface area (Å²) in [4.78, 5) is 31.1. The van der Waals surface area contributed by atoms with Gasteiger partial charge in [0.05, 0.1) is 18.8 Å². The van der Waals surface area contributed by atoms with Crippen molar-refractivity contribution in [3.63, 3.8) is 0 Å². The quantitative estimate of drug-likeness (QED) is 0.287. The first-order valence-corrected chi connectivity index (χ1v) is 17.9. The van der Waals surface area contributed by atoms with Gasteiger partial charge in [-0.05, 0) is 101 Å². The average Bonchev–Trinajstić information content (AvgIpc) is 3.67. The molecular weight excluding hydrogens is 628 g/mol. The standard InChI is InChI=1S/C37H49F2N7O3/c1-24(47)44-16-10-31-30(23-44)34(45-15-6-7-25-19-28(26-21-40-42(5)22-26)29(33(38)39)20-32(25)45)41-46(31)27-8-11-37(12-9-27)13-17-43(18-14-37)35(48)49-36(2,3)4/h19-22,27,33H,6-18,23H2,1-5H3. The van der Waals surface area contributed by atoms with Crippen molar-refractivity contribution in [1.29, 1.82) is 0 Å². The molecule has 1 aliphatic carbocycles. The highest BCUT2D eigenvalue weighted by Crippen LogP contribution is 2.49. The van der Waals surface area contributed by atoms with Crippen LogP contribution < -0.4 is 4.90 Å². The van der Waals surface area contributed by atoms with Crippen LogP contribution in [0.2, 0.25) is 0 Å². The average molecular weight is 678 g/mol. The van der Waals surface area contributed by atoms with Crippen LogP contribution in [0.15, 0.2) is 24.5 Å². The van der Waals surface area contributed by atoms with E-state index in [4.69, 9.17) is 9.84 Å². The number of piperidine rings is 1. The van der Waals surface area contributed by atoms with E-state index in [2.05, 4.69) is 14.7 Å². The fourth-order valence-electron chi connectivity index (χ4n) is 8.53. The van der Waals surface area contributed by atoms with Crippen LogP contribution in [-0.4, -0.2) is 73.1 Å². The molecule has 1 spiro atoms. The highest BCUT2D eigenvalue weighted by atomic mass is 19.3. The van der Waals surface area contributed by atoms with Gasteiger partial charge in [0, 0.05) is 80.8 Å². The minimum atomic E-state index is -2.64. The van der Waals surface area contributed by atoms with Crippen molar-refractivity contribution in [2.24, 2.45) is 12.5 Å². The normalized spacial score (nSPS) is 19.7. The number of halogens is 2. The van der Waals surface area contributed by atoms with Crippen molar-refractivity contribution in [3.8, 4) is 11.1 Å². The highest BCUT2D eigenvalue weighted by molar-refractivity contribution is 5.78. The van der Waals surface area contributed by atoms with E-state index in [0.29, 0.717) is 30.8 Å². The Balaban J connectivity index is 1.16. The van der Waals surface area contributed by atoms with Crippen LogP contribution in [0.25, 0.3) is 11.1 Å². The molecule has 2 aromatic heterocycles. The van der Waals surface area contributed by atoms with Crippen molar-refractivity contribution in [2.45, 2.75) is 110 Å². The van der Waals surface area contributed by atoms with Gasteiger partial charge in [-0.15, -0.1) is 0 Å². The number of benzene rings is 1. The Kier molecular flexibility index (Phi) is 8.71. The number of nitrogens with zero attached hydrogens (tertiary/aromatic N) is 7. The van der Waals surface area contributed by atoms with Crippen molar-refractivity contribution in [1.82, 2.24) is 29.4 Å². The summed E-state index contributed by atoms with van der Waals surface area (Å²) >= 11 is 0. The predicted molar refractivity (Wildman–Crippen MR) is 183 cm³/mol. The molecule has 2 amide bonds. The SMILES string of the molecule is CC(=O)N1CCc2c(c(N3CCCc4cc(-c5cnn(C)c5)c(C(F)F)cc43)nn2C2CCC3(CC2)CCN(C(=O)OC(C)(C)C)CC3)C1. The van der Waals surface area contributed by atoms with Gasteiger partial charge >= 0.3 is 6.09 Å². The number of rotatable bonds is 4. The number of anilines is 2. The van der Waals surface area contributed by atoms with E-state index < -0.39 is 12.0 Å². The third kappa shape index (κ3) is 6.55. The number of likely N-dealkylation sites (tertiary alicyclic amines) is 1. The third-order valence-corrected chi connectivity index (χ3v) is 11.2. The number of hydrogen-bond acceptors (Lipinski definition) is 6. The van der Waals surface area contributed by atoms with Crippen LogP contribution in [0.5, 0.6) is 0 Å². The van der Waals surface area contributed by atoms with Crippen LogP contribution in [0.3, 0.4) is 0 Å². The van der Waals surface area contributed by atoms with E-state index in [9.17, 15) is 18.4 Å². The zero-order valence-electron chi connectivity index (χ0n) is 29.5. The lowest BCUT2D eigenvalue weighted by Gasteiger charge is -2.46. The van der Waals surface area contributed by atoms with Crippen LogP contribution >= 0.6 is 0 Å². The monoisotopic (exact) mass is 677 g/mol. The van der Waals surface area contributed by atoms with Gasteiger partial charge in [-0.2, -0.15) is 10.2 Å². The molecule has 0 atom stereocenters. The van der Waals surface area contributed by atoms with Crippen molar-refractivity contribution in [2.75, 3.05) is 31.1 Å². The number of ether oxygens (including phenoxy) is 1. The maximum atomic E-state index is 14.6. The summed E-state index contributed by atoms with van der Waals surface area (Å²) in [7, 11) is 1.79. The molecule has 4 aliphatic rings. The summed E-state index contributed by atoms with van der Waals surface area (Å²) in [6, 6.07) is 3.81. The van der Waals surface area contributed by atoms with Gasteiger partial charge in [-0.1, -0.05) is 0 Å². The molecule has 0 N–H and O–H groups in total. The second-order valence-electron chi connectivity index (χ2n) is 15.6. The van der Waals surface area contributed by atoms with Gasteiger partial charge in [-0.3, -0.25) is 14.2 Å². The van der Waals surface area contributed by atoms with E-state index in [1.807, 2.05) is 36.6 Å². The summed E-state index contributed by atoms with van der Waals surface area (Å²) in [5.74, 6) is 0.823. The molecule has 1 aromatic carbocycles. The fraction of sp³-hybridized carbons (Fsp3) is 0.622. The number of alkyl halides is 2. The van der Waals surface area contributed by atoms with Gasteiger partial charge in [0.1, 0.15) is 5.60 Å². The molecule has 5 heterocycles. The van der Waals surface area contributed by atoms with Gasteiger partial charge in [-0.25, -0.2) is 13.6 Å². The van der Waals surface area contributed by atoms with E-state index in [1.165, 1.54) is 5.69 Å². The van der Waals surface area contributed by atoms with E-state index in [-0.39, 0.29) is 29.0 Å². The topological polar surface area (TPSA) is 88.7 Å². The molecule has 3 aromatic rings. The number of carbonyl (C=O) groups is 2. The number of aryl methyl sites for hydroxylation is 2. The molecule has 1 saturated heterocycles. The Labute approximate surface area is 287 Å². The number of aromatic nitrogens is 4. The first kappa shape index (κ1) is 33.5. The molecule has 49 heavy (non-hydrogen) atoms. The first-order chi connectivity index (χ1) is 23.3. The number of hydrogen-bond donors (Lipinski definition) is 0. The summed E-state index contributed by atoms with van der Waals surface area (Å²) in [5, 5.41) is 9.56. The molecule has 10 nitrogen and oxygen atoms in total. The molecule has 0 unspecified atom stereocenters. The zero-order valence-corrected chi connectivity index (χ0v) is 29.5. The lowest BCUT2D eigenvalue weighted by molar-refractivity contribution is -0.129. The molecule has 264 valence electrons. The van der Waals surface area contributed by atoms with Crippen LogP contribution in [0, 0.1) is 5.41 Å². The fourth-order valence-corrected chi connectivity index (χ4v) is 8.53. The Hall–Kier alpha value is -3.96. The molecule has 1 saturated carbocycles. The van der Waals surface area contributed by atoms with E-state index in [0.717, 1.165) is 93.5 Å². The zero-order chi connectivity index (χ0) is 34.7. The second-order valence-corrected chi connectivity index (χ2v) is 15.6. The molecular formula is C37H49F2N7O3. The third-order valence-electron chi connectivity index (χ3n) is 11.2. The maximum Gasteiger partial charge on any atom is 0.410 e. The number of carbonyl (C=O) groups excluding carboxylic acids is 2. The minimum Gasteiger partial charge on any atom is -0.444 e. The lowest BCUT2D eigenvalue weighted by Crippen LogP contribution is -2.46. The van der Waals surface area contributed by atoms with Crippen LogP contribution in [0.4, 0.5) is 25.1 Å². The Bertz CT molecular complexity index is 1720. The summed E-state index contributed by atoms with van der Waals surface area (Å²) in [6.45, 7) is 10.5. The smallest absolute Gasteiger partial charge is 0.410 e. The molecule has 2 fully saturated rings. The minimum absolute atomic E-state index is 0.00684. The Morgan fingerprint density at radius 1 is 1.00 bits per heavy atom. The molecule has 12 heteroatoms. The summed E-state index contributed by atoms with van der Waals surface area (Å²) in [5.41, 5.74) is 4.92. The Morgan fingerprint density at radius 2 is 1.73 bits per heavy atom. The number of amides is 2. The molecule has 0 radical (unpaired) electrons. The number of fused-ring (bicyclic) bond motifs is 2. The van der Waals surface area contributed by atoms with Gasteiger partial charge in [0.15, 0.2) is 5.82 Å². The largest absolute Gasteiger partial charge is 0.444 e. The van der Waals surface area contributed by atoms with Crippen LogP contribution in [-0.2, 0) is 36.0 Å². The van der Waals surface area contributed by atoms with Gasteiger partial charge in [0.2, 0.25) is 5.91 Å². The van der Waals surface area contributed by atoms with E-state index >= 15 is 0 Å². The van der Waals surface area contributed by atoms with Gasteiger partial charge in [0.25, 0.3) is 6.43 Å². The highest BCUT2D eigenvalue weighted by Gasteiger charge is 2.42. The second kappa shape index (κ2) is 12.7. The summed E-state index contributed by atoms with van der Waals surface area (Å²) < 4.78 is 38.7. The van der Waals surface area contributed by atoms with E-state index in [1.54, 1.807) is 37.1 Å². The lowest BCUT2D eigenvalue weighted by atomic mass is 9.67. The first-order valence-electron chi connectivity index (χ1n) is 17.9. The van der Waals surface area contributed by atoms with Crippen molar-refractivity contribution >= 4 is 23.5 Å².